The van der Waals surface area contributed by atoms with E-state index in [0.29, 0.717) is 46.7 Å². The third kappa shape index (κ3) is 4.03. The fourth-order valence-corrected chi connectivity index (χ4v) is 4.67. The Hall–Kier alpha value is -4.36. The second-order valence-corrected chi connectivity index (χ2v) is 8.81. The first kappa shape index (κ1) is 22.1. The summed E-state index contributed by atoms with van der Waals surface area (Å²) in [5, 5.41) is 1.44. The number of nitrogens with zero attached hydrogens (tertiary/aromatic N) is 1. The Kier molecular flexibility index (Phi) is 5.54. The molecule has 0 saturated carbocycles. The minimum Gasteiger partial charge on any atom is -0.497 e. The lowest BCUT2D eigenvalue weighted by Crippen LogP contribution is -2.33. The second-order valence-electron chi connectivity index (χ2n) is 8.81. The fourth-order valence-electron chi connectivity index (χ4n) is 4.67. The average molecular weight is 482 g/mol. The number of hydrogen-bond acceptors (Lipinski definition) is 7. The van der Waals surface area contributed by atoms with Crippen molar-refractivity contribution in [1.29, 1.82) is 0 Å². The smallest absolute Gasteiger partial charge is 0.344 e. The van der Waals surface area contributed by atoms with Crippen LogP contribution in [0, 0.1) is 0 Å². The van der Waals surface area contributed by atoms with Gasteiger partial charge < -0.3 is 18.3 Å². The van der Waals surface area contributed by atoms with Gasteiger partial charge in [-0.3, -0.25) is 4.90 Å². The van der Waals surface area contributed by atoms with Crippen LogP contribution in [0.25, 0.3) is 33.1 Å². The molecule has 0 radical (unpaired) electrons. The quantitative estimate of drug-likeness (QED) is 0.328. The number of hydrogen-bond donors (Lipinski definition) is 0. The van der Waals surface area contributed by atoms with E-state index in [4.69, 9.17) is 18.3 Å². The Bertz CT molecular complexity index is 1700. The third-order valence-corrected chi connectivity index (χ3v) is 6.56. The molecule has 1 aliphatic rings. The first-order valence-corrected chi connectivity index (χ1v) is 11.7. The lowest BCUT2D eigenvalue weighted by atomic mass is 9.99. The van der Waals surface area contributed by atoms with E-state index in [1.165, 1.54) is 11.6 Å². The van der Waals surface area contributed by atoms with Crippen LogP contribution >= 0.6 is 0 Å². The minimum atomic E-state index is -0.534. The number of benzene rings is 3. The molecule has 1 aliphatic heterocycles. The van der Waals surface area contributed by atoms with E-state index in [0.717, 1.165) is 29.7 Å². The maximum Gasteiger partial charge on any atom is 0.344 e. The molecular weight excluding hydrogens is 458 g/mol. The van der Waals surface area contributed by atoms with Crippen molar-refractivity contribution in [2.45, 2.75) is 13.0 Å². The Labute approximate surface area is 206 Å². The van der Waals surface area contributed by atoms with E-state index in [9.17, 15) is 9.59 Å². The van der Waals surface area contributed by atoms with Gasteiger partial charge in [0.15, 0.2) is 0 Å². The van der Waals surface area contributed by atoms with Gasteiger partial charge in [0.25, 0.3) is 0 Å². The monoisotopic (exact) mass is 481 g/mol. The molecule has 0 bridgehead atoms. The average Bonchev–Trinajstić information content (AvgIpc) is 2.91. The van der Waals surface area contributed by atoms with Crippen molar-refractivity contribution >= 4 is 21.9 Å². The number of ether oxygens (including phenoxy) is 2. The first-order chi connectivity index (χ1) is 17.6. The molecule has 0 amide bonds. The maximum atomic E-state index is 12.8. The molecule has 0 atom stereocenters. The summed E-state index contributed by atoms with van der Waals surface area (Å²) in [6.07, 6.45) is 0.834. The molecule has 3 aromatic carbocycles. The van der Waals surface area contributed by atoms with Crippen molar-refractivity contribution in [1.82, 2.24) is 4.90 Å². The van der Waals surface area contributed by atoms with Crippen molar-refractivity contribution in [3.63, 3.8) is 0 Å². The molecule has 180 valence electrons. The molecule has 36 heavy (non-hydrogen) atoms. The zero-order chi connectivity index (χ0) is 24.6. The lowest BCUT2D eigenvalue weighted by Gasteiger charge is -2.29. The fraction of sp³-hybridized carbons (Fsp3) is 0.172. The van der Waals surface area contributed by atoms with Gasteiger partial charge in [-0.2, -0.15) is 0 Å². The largest absolute Gasteiger partial charge is 0.497 e. The van der Waals surface area contributed by atoms with Crippen LogP contribution in [0.2, 0.25) is 0 Å². The third-order valence-electron chi connectivity index (χ3n) is 6.56. The predicted octanol–water partition coefficient (Wildman–Crippen LogP) is 4.97. The van der Waals surface area contributed by atoms with Gasteiger partial charge in [0.05, 0.1) is 18.2 Å². The van der Waals surface area contributed by atoms with Crippen molar-refractivity contribution in [3.05, 3.63) is 105 Å². The minimum absolute atomic E-state index is 0.319. The summed E-state index contributed by atoms with van der Waals surface area (Å²) in [7, 11) is 1.65. The van der Waals surface area contributed by atoms with Crippen molar-refractivity contribution in [3.8, 4) is 22.6 Å². The Morgan fingerprint density at radius 3 is 2.58 bits per heavy atom. The van der Waals surface area contributed by atoms with Crippen molar-refractivity contribution in [2.24, 2.45) is 0 Å². The van der Waals surface area contributed by atoms with E-state index >= 15 is 0 Å². The summed E-state index contributed by atoms with van der Waals surface area (Å²) in [4.78, 5) is 27.6. The Morgan fingerprint density at radius 2 is 1.75 bits per heavy atom. The van der Waals surface area contributed by atoms with Crippen LogP contribution in [0.15, 0.2) is 91.2 Å². The van der Waals surface area contributed by atoms with E-state index in [2.05, 4.69) is 4.90 Å². The van der Waals surface area contributed by atoms with E-state index in [-0.39, 0.29) is 0 Å². The molecule has 3 heterocycles. The SMILES string of the molecule is COc1ccc(CCN2COc3ccc4c(-c5cc6ccccc6oc5=O)cc(=O)oc4c3C2)cc1. The zero-order valence-electron chi connectivity index (χ0n) is 19.7. The number of fused-ring (bicyclic) bond motifs is 4. The molecule has 2 aromatic heterocycles. The van der Waals surface area contributed by atoms with Gasteiger partial charge in [-0.25, -0.2) is 9.59 Å². The summed E-state index contributed by atoms with van der Waals surface area (Å²) >= 11 is 0. The van der Waals surface area contributed by atoms with Gasteiger partial charge >= 0.3 is 11.3 Å². The predicted molar refractivity (Wildman–Crippen MR) is 137 cm³/mol. The van der Waals surface area contributed by atoms with Crippen LogP contribution in [0.4, 0.5) is 0 Å². The van der Waals surface area contributed by atoms with Crippen molar-refractivity contribution < 1.29 is 18.3 Å². The van der Waals surface area contributed by atoms with Gasteiger partial charge in [-0.15, -0.1) is 0 Å². The maximum absolute atomic E-state index is 12.8. The van der Waals surface area contributed by atoms with E-state index in [1.54, 1.807) is 19.2 Å². The Balaban J connectivity index is 1.36. The summed E-state index contributed by atoms with van der Waals surface area (Å²) < 4.78 is 22.4. The van der Waals surface area contributed by atoms with Gasteiger partial charge in [0.1, 0.15) is 29.4 Å². The topological polar surface area (TPSA) is 82.1 Å². The van der Waals surface area contributed by atoms with Gasteiger partial charge in [-0.1, -0.05) is 30.3 Å². The van der Waals surface area contributed by atoms with Gasteiger partial charge in [0.2, 0.25) is 0 Å². The van der Waals surface area contributed by atoms with E-state index in [1.807, 2.05) is 54.6 Å². The normalized spacial score (nSPS) is 13.5. The highest BCUT2D eigenvalue weighted by Gasteiger charge is 2.23. The van der Waals surface area contributed by atoms with Gasteiger partial charge in [-0.05, 0) is 48.4 Å². The molecule has 0 N–H and O–H groups in total. The number of methoxy groups -OCH3 is 1. The van der Waals surface area contributed by atoms with Crippen LogP contribution in [0.3, 0.4) is 0 Å². The number of rotatable bonds is 5. The molecule has 7 heteroatoms. The second kappa shape index (κ2) is 9.02. The highest BCUT2D eigenvalue weighted by atomic mass is 16.5. The molecule has 0 aliphatic carbocycles. The lowest BCUT2D eigenvalue weighted by molar-refractivity contribution is 0.0968. The Morgan fingerprint density at radius 1 is 0.917 bits per heavy atom. The molecule has 0 spiro atoms. The molecule has 0 unspecified atom stereocenters. The molecule has 5 aromatic rings. The summed E-state index contributed by atoms with van der Waals surface area (Å²) in [5.41, 5.74) is 2.67. The zero-order valence-corrected chi connectivity index (χ0v) is 19.7. The summed E-state index contributed by atoms with van der Waals surface area (Å²) in [6, 6.07) is 22.1. The molecule has 6 rings (SSSR count). The van der Waals surface area contributed by atoms with Crippen LogP contribution in [0.5, 0.6) is 11.5 Å². The highest BCUT2D eigenvalue weighted by molar-refractivity contribution is 5.97. The van der Waals surface area contributed by atoms with Crippen molar-refractivity contribution in [2.75, 3.05) is 20.4 Å². The number of para-hydroxylation sites is 1. The summed E-state index contributed by atoms with van der Waals surface area (Å²) in [5.74, 6) is 1.50. The van der Waals surface area contributed by atoms with Crippen LogP contribution < -0.4 is 20.7 Å². The van der Waals surface area contributed by atoms with Crippen LogP contribution in [-0.4, -0.2) is 25.3 Å². The van der Waals surface area contributed by atoms with Gasteiger partial charge in [0, 0.05) is 35.5 Å². The molecular formula is C29H23NO6. The highest BCUT2D eigenvalue weighted by Crippen LogP contribution is 2.36. The molecule has 0 fully saturated rings. The standard InChI is InChI=1S/C29H23NO6/c1-33-20-8-6-18(7-9-20)12-13-30-16-24-26(34-17-30)11-10-21-22(15-27(31)36-28(21)24)23-14-19-4-2-3-5-25(19)35-29(23)32/h2-11,14-15H,12-13,16-17H2,1H3. The molecule has 0 saturated heterocycles. The molecule has 7 nitrogen and oxygen atoms in total. The van der Waals surface area contributed by atoms with Crippen LogP contribution in [-0.2, 0) is 13.0 Å². The van der Waals surface area contributed by atoms with E-state index < -0.39 is 11.3 Å². The summed E-state index contributed by atoms with van der Waals surface area (Å²) in [6.45, 7) is 1.76. The van der Waals surface area contributed by atoms with Crippen LogP contribution in [0.1, 0.15) is 11.1 Å². The first-order valence-electron chi connectivity index (χ1n) is 11.7.